The van der Waals surface area contributed by atoms with Crippen LogP contribution in [-0.4, -0.2) is 18.4 Å². The van der Waals surface area contributed by atoms with E-state index in [-0.39, 0.29) is 17.9 Å². The van der Waals surface area contributed by atoms with Crippen molar-refractivity contribution in [3.05, 3.63) is 29.8 Å². The molecule has 4 aliphatic rings. The molecule has 0 spiro atoms. The predicted octanol–water partition coefficient (Wildman–Crippen LogP) is 2.69. The molecule has 6 nitrogen and oxygen atoms in total. The Morgan fingerprint density at radius 2 is 1.63 bits per heavy atom. The Balaban J connectivity index is 1.24. The molecule has 4 fully saturated rings. The first kappa shape index (κ1) is 17.8. The molecule has 27 heavy (non-hydrogen) atoms. The maximum atomic E-state index is 12.4. The molecule has 4 aliphatic carbocycles. The molecule has 6 heteroatoms. The van der Waals surface area contributed by atoms with E-state index in [0.29, 0.717) is 17.7 Å². The van der Waals surface area contributed by atoms with Crippen molar-refractivity contribution in [1.82, 2.24) is 10.9 Å². The summed E-state index contributed by atoms with van der Waals surface area (Å²) in [6, 6.07) is 8.75. The number of rotatable bonds is 5. The number of carbonyl (C=O) groups excluding carboxylic acids is 2. The second-order valence-corrected chi connectivity index (χ2v) is 8.59. The number of nitrogens with one attached hydrogen (secondary N) is 2. The first-order valence-corrected chi connectivity index (χ1v) is 9.75. The second kappa shape index (κ2) is 7.22. The summed E-state index contributed by atoms with van der Waals surface area (Å²) in [6.07, 6.45) is 8.02. The average molecular weight is 367 g/mol. The molecule has 0 heterocycles. The highest BCUT2D eigenvalue weighted by molar-refractivity contribution is 5.83. The largest absolute Gasteiger partial charge is 0.482 e. The minimum atomic E-state index is -0.443. The van der Waals surface area contributed by atoms with Crippen LogP contribution >= 0.6 is 0 Å². The highest BCUT2D eigenvalue weighted by Crippen LogP contribution is 2.61. The summed E-state index contributed by atoms with van der Waals surface area (Å²) in [4.78, 5) is 24.3. The van der Waals surface area contributed by atoms with Gasteiger partial charge in [0.05, 0.1) is 5.56 Å². The zero-order valence-electron chi connectivity index (χ0n) is 15.4. The van der Waals surface area contributed by atoms with Gasteiger partial charge in [0.2, 0.25) is 5.91 Å². The monoisotopic (exact) mass is 367 g/mol. The van der Waals surface area contributed by atoms with E-state index in [1.807, 2.05) is 6.07 Å². The Labute approximate surface area is 159 Å². The molecule has 2 N–H and O–H groups in total. The van der Waals surface area contributed by atoms with Crippen LogP contribution in [0.1, 0.15) is 50.5 Å². The molecule has 0 unspecified atom stereocenters. The third-order valence-corrected chi connectivity index (χ3v) is 6.41. The van der Waals surface area contributed by atoms with Crippen molar-refractivity contribution in [2.75, 3.05) is 6.61 Å². The van der Waals surface area contributed by atoms with Gasteiger partial charge < -0.3 is 4.74 Å². The second-order valence-electron chi connectivity index (χ2n) is 8.59. The number of hydrogen-bond acceptors (Lipinski definition) is 4. The Morgan fingerprint density at radius 3 is 2.26 bits per heavy atom. The van der Waals surface area contributed by atoms with Crippen molar-refractivity contribution in [2.24, 2.45) is 23.2 Å². The molecule has 5 rings (SSSR count). The lowest BCUT2D eigenvalue weighted by atomic mass is 9.49. The number of hydrazine groups is 1. The van der Waals surface area contributed by atoms with Crippen LogP contribution in [0.2, 0.25) is 0 Å². The number of nitrogens with zero attached hydrogens (tertiary/aromatic N) is 1. The van der Waals surface area contributed by atoms with Gasteiger partial charge in [0.1, 0.15) is 11.8 Å². The summed E-state index contributed by atoms with van der Waals surface area (Å²) in [7, 11) is 0. The highest BCUT2D eigenvalue weighted by atomic mass is 16.5. The molecule has 4 bridgehead atoms. The summed E-state index contributed by atoms with van der Waals surface area (Å²) < 4.78 is 5.37. The van der Waals surface area contributed by atoms with E-state index < -0.39 is 5.91 Å². The molecular weight excluding hydrogens is 342 g/mol. The Kier molecular flexibility index (Phi) is 4.77. The van der Waals surface area contributed by atoms with Gasteiger partial charge in [-0.1, -0.05) is 12.1 Å². The fourth-order valence-corrected chi connectivity index (χ4v) is 5.89. The van der Waals surface area contributed by atoms with E-state index >= 15 is 0 Å². The topological polar surface area (TPSA) is 91.2 Å². The summed E-state index contributed by atoms with van der Waals surface area (Å²) >= 11 is 0. The van der Waals surface area contributed by atoms with Gasteiger partial charge in [-0.15, -0.1) is 0 Å². The number of amides is 2. The van der Waals surface area contributed by atoms with Crippen LogP contribution in [-0.2, 0) is 9.59 Å². The van der Waals surface area contributed by atoms with Crippen LogP contribution in [0.5, 0.6) is 5.75 Å². The zero-order valence-corrected chi connectivity index (χ0v) is 15.4. The number of hydrogen-bond donors (Lipinski definition) is 2. The lowest BCUT2D eigenvalue weighted by Gasteiger charge is -2.56. The molecule has 0 saturated heterocycles. The van der Waals surface area contributed by atoms with Crippen LogP contribution in [0.25, 0.3) is 0 Å². The lowest BCUT2D eigenvalue weighted by Crippen LogP contribution is -2.50. The molecule has 2 amide bonds. The SMILES string of the molecule is N#Cc1ccccc1OCC(=O)NNC(=O)CC12CC3CC(CC(C3)C1)C2. The van der Waals surface area contributed by atoms with Crippen LogP contribution in [0.15, 0.2) is 24.3 Å². The number of para-hydroxylation sites is 1. The third kappa shape index (κ3) is 3.92. The quantitative estimate of drug-likeness (QED) is 0.783. The molecule has 0 atom stereocenters. The van der Waals surface area contributed by atoms with E-state index in [0.717, 1.165) is 37.0 Å². The fourth-order valence-electron chi connectivity index (χ4n) is 5.89. The minimum Gasteiger partial charge on any atom is -0.482 e. The van der Waals surface area contributed by atoms with Gasteiger partial charge in [-0.3, -0.25) is 20.4 Å². The summed E-state index contributed by atoms with van der Waals surface area (Å²) in [5.74, 6) is 2.19. The summed E-state index contributed by atoms with van der Waals surface area (Å²) in [6.45, 7) is -0.254. The lowest BCUT2D eigenvalue weighted by molar-refractivity contribution is -0.134. The maximum Gasteiger partial charge on any atom is 0.276 e. The smallest absolute Gasteiger partial charge is 0.276 e. The van der Waals surface area contributed by atoms with Gasteiger partial charge in [0.15, 0.2) is 6.61 Å². The van der Waals surface area contributed by atoms with Crippen molar-refractivity contribution in [1.29, 1.82) is 5.26 Å². The van der Waals surface area contributed by atoms with Gasteiger partial charge in [-0.05, 0) is 73.8 Å². The zero-order chi connectivity index (χ0) is 18.9. The van der Waals surface area contributed by atoms with E-state index in [1.54, 1.807) is 24.3 Å². The molecule has 1 aromatic rings. The van der Waals surface area contributed by atoms with Crippen molar-refractivity contribution in [3.8, 4) is 11.8 Å². The molecule has 0 aliphatic heterocycles. The standard InChI is InChI=1S/C21H25N3O3/c22-12-17-3-1-2-4-18(17)27-13-20(26)24-23-19(25)11-21-8-14-5-15(9-21)7-16(6-14)10-21/h1-4,14-16H,5-11,13H2,(H,23,25)(H,24,26). The first-order chi connectivity index (χ1) is 13.0. The van der Waals surface area contributed by atoms with Crippen LogP contribution < -0.4 is 15.6 Å². The predicted molar refractivity (Wildman–Crippen MR) is 98.2 cm³/mol. The van der Waals surface area contributed by atoms with Crippen molar-refractivity contribution in [2.45, 2.75) is 44.9 Å². The van der Waals surface area contributed by atoms with Gasteiger partial charge in [0.25, 0.3) is 5.91 Å². The Bertz CT molecular complexity index is 748. The number of carbonyl (C=O) groups is 2. The average Bonchev–Trinajstić information content (AvgIpc) is 2.63. The molecule has 0 aromatic heterocycles. The van der Waals surface area contributed by atoms with Crippen molar-refractivity contribution < 1.29 is 14.3 Å². The van der Waals surface area contributed by atoms with E-state index in [4.69, 9.17) is 10.00 Å². The summed E-state index contributed by atoms with van der Waals surface area (Å²) in [5.41, 5.74) is 5.48. The molecule has 1 aromatic carbocycles. The molecule has 0 radical (unpaired) electrons. The molecule has 4 saturated carbocycles. The van der Waals surface area contributed by atoms with Crippen molar-refractivity contribution >= 4 is 11.8 Å². The highest BCUT2D eigenvalue weighted by Gasteiger charge is 2.51. The van der Waals surface area contributed by atoms with Gasteiger partial charge in [0, 0.05) is 6.42 Å². The first-order valence-electron chi connectivity index (χ1n) is 9.75. The molecular formula is C21H25N3O3. The van der Waals surface area contributed by atoms with E-state index in [1.165, 1.54) is 19.3 Å². The Morgan fingerprint density at radius 1 is 1.04 bits per heavy atom. The van der Waals surface area contributed by atoms with Crippen LogP contribution in [0.4, 0.5) is 0 Å². The Hall–Kier alpha value is -2.55. The van der Waals surface area contributed by atoms with Gasteiger partial charge in [-0.25, -0.2) is 0 Å². The van der Waals surface area contributed by atoms with Crippen molar-refractivity contribution in [3.63, 3.8) is 0 Å². The fraction of sp³-hybridized carbons (Fsp3) is 0.571. The third-order valence-electron chi connectivity index (χ3n) is 6.41. The number of nitriles is 1. The van der Waals surface area contributed by atoms with Crippen LogP contribution in [0, 0.1) is 34.5 Å². The molecule has 142 valence electrons. The maximum absolute atomic E-state index is 12.4. The minimum absolute atomic E-state index is 0.122. The number of ether oxygens (including phenoxy) is 1. The van der Waals surface area contributed by atoms with E-state index in [9.17, 15) is 9.59 Å². The van der Waals surface area contributed by atoms with Gasteiger partial charge >= 0.3 is 0 Å². The van der Waals surface area contributed by atoms with Crippen LogP contribution in [0.3, 0.4) is 0 Å². The number of benzene rings is 1. The van der Waals surface area contributed by atoms with E-state index in [2.05, 4.69) is 10.9 Å². The summed E-state index contributed by atoms with van der Waals surface area (Å²) in [5, 5.41) is 9.02. The normalized spacial score (nSPS) is 30.4. The van der Waals surface area contributed by atoms with Gasteiger partial charge in [-0.2, -0.15) is 5.26 Å².